The summed E-state index contributed by atoms with van der Waals surface area (Å²) in [6, 6.07) is 0. The van der Waals surface area contributed by atoms with Gasteiger partial charge in [0, 0.05) is 33.6 Å². The Morgan fingerprint density at radius 3 is 2.04 bits per heavy atom. The molecule has 0 aliphatic carbocycles. The highest BCUT2D eigenvalue weighted by molar-refractivity contribution is 5.84. The lowest BCUT2D eigenvalue weighted by Crippen LogP contribution is -2.45. The van der Waals surface area contributed by atoms with E-state index in [1.54, 1.807) is 27.9 Å². The van der Waals surface area contributed by atoms with Gasteiger partial charge in [0.1, 0.15) is 6.10 Å². The van der Waals surface area contributed by atoms with Gasteiger partial charge in [0.15, 0.2) is 0 Å². The molecule has 0 unspecified atom stereocenters. The average Bonchev–Trinajstić information content (AvgIpc) is 2.53. The zero-order chi connectivity index (χ0) is 18.9. The lowest BCUT2D eigenvalue weighted by atomic mass is 10.1. The van der Waals surface area contributed by atoms with E-state index in [2.05, 4.69) is 5.32 Å². The molecule has 2 N–H and O–H groups in total. The van der Waals surface area contributed by atoms with E-state index in [1.807, 2.05) is 13.8 Å². The van der Waals surface area contributed by atoms with Gasteiger partial charge in [-0.25, -0.2) is 0 Å². The van der Waals surface area contributed by atoms with Gasteiger partial charge in [0.2, 0.25) is 11.8 Å². The Bertz CT molecular complexity index is 424. The minimum atomic E-state index is -1.03. The van der Waals surface area contributed by atoms with E-state index >= 15 is 0 Å². The Labute approximate surface area is 145 Å². The van der Waals surface area contributed by atoms with Gasteiger partial charge in [-0.1, -0.05) is 27.7 Å². The SMILES string of the molecule is CC(C)CCC(=O)NCC(=O)N(C)CCN(C)C(=O)[C@H](O)C(C)C. The van der Waals surface area contributed by atoms with E-state index in [4.69, 9.17) is 0 Å². The lowest BCUT2D eigenvalue weighted by molar-refractivity contribution is -0.142. The maximum Gasteiger partial charge on any atom is 0.251 e. The molecule has 0 aromatic carbocycles. The Kier molecular flexibility index (Phi) is 10.3. The third-order valence-electron chi connectivity index (χ3n) is 3.84. The van der Waals surface area contributed by atoms with Crippen molar-refractivity contribution in [1.29, 1.82) is 0 Å². The van der Waals surface area contributed by atoms with Crippen LogP contribution in [0.25, 0.3) is 0 Å². The van der Waals surface area contributed by atoms with Crippen molar-refractivity contribution in [1.82, 2.24) is 15.1 Å². The molecule has 1 atom stereocenters. The van der Waals surface area contributed by atoms with Crippen LogP contribution < -0.4 is 5.32 Å². The Morgan fingerprint density at radius 1 is 1.00 bits per heavy atom. The number of likely N-dealkylation sites (N-methyl/N-ethyl adjacent to an activating group) is 2. The predicted molar refractivity (Wildman–Crippen MR) is 93.2 cm³/mol. The first-order valence-corrected chi connectivity index (χ1v) is 8.49. The molecule has 0 saturated carbocycles. The van der Waals surface area contributed by atoms with E-state index in [0.717, 1.165) is 6.42 Å². The van der Waals surface area contributed by atoms with Gasteiger partial charge >= 0.3 is 0 Å². The Hall–Kier alpha value is -1.63. The van der Waals surface area contributed by atoms with Crippen molar-refractivity contribution in [2.45, 2.75) is 46.6 Å². The van der Waals surface area contributed by atoms with Crippen LogP contribution in [0.1, 0.15) is 40.5 Å². The molecular weight excluding hydrogens is 310 g/mol. The number of hydrogen-bond donors (Lipinski definition) is 2. The molecule has 0 aliphatic rings. The van der Waals surface area contributed by atoms with Gasteiger partial charge in [-0.3, -0.25) is 14.4 Å². The highest BCUT2D eigenvalue weighted by Crippen LogP contribution is 2.05. The second-order valence-corrected chi connectivity index (χ2v) is 6.97. The normalized spacial score (nSPS) is 12.2. The first kappa shape index (κ1) is 22.4. The number of nitrogens with zero attached hydrogens (tertiary/aromatic N) is 2. The molecule has 0 bridgehead atoms. The summed E-state index contributed by atoms with van der Waals surface area (Å²) in [6.45, 7) is 8.25. The van der Waals surface area contributed by atoms with Crippen LogP contribution in [-0.4, -0.2) is 72.5 Å². The molecule has 0 aromatic heterocycles. The number of aliphatic hydroxyl groups is 1. The predicted octanol–water partition coefficient (Wildman–Crippen LogP) is 0.473. The molecule has 0 heterocycles. The van der Waals surface area contributed by atoms with Crippen molar-refractivity contribution in [2.75, 3.05) is 33.7 Å². The van der Waals surface area contributed by atoms with Crippen molar-refractivity contribution < 1.29 is 19.5 Å². The molecule has 140 valence electrons. The molecule has 0 aromatic rings. The summed E-state index contributed by atoms with van der Waals surface area (Å²) in [7, 11) is 3.22. The minimum absolute atomic E-state index is 0.0420. The summed E-state index contributed by atoms with van der Waals surface area (Å²) in [5, 5.41) is 12.4. The number of nitrogens with one attached hydrogen (secondary N) is 1. The van der Waals surface area contributed by atoms with Gasteiger partial charge in [0.05, 0.1) is 6.54 Å². The molecule has 7 heteroatoms. The number of aliphatic hydroxyl groups excluding tert-OH is 1. The van der Waals surface area contributed by atoms with Gasteiger partial charge in [-0.05, 0) is 18.3 Å². The van der Waals surface area contributed by atoms with Crippen molar-refractivity contribution in [2.24, 2.45) is 11.8 Å². The van der Waals surface area contributed by atoms with Crippen molar-refractivity contribution in [3.05, 3.63) is 0 Å². The van der Waals surface area contributed by atoms with E-state index in [-0.39, 0.29) is 30.2 Å². The topological polar surface area (TPSA) is 90.0 Å². The summed E-state index contributed by atoms with van der Waals surface area (Å²) in [5.74, 6) is -0.396. The molecule has 0 rings (SSSR count). The highest BCUT2D eigenvalue weighted by Gasteiger charge is 2.22. The van der Waals surface area contributed by atoms with Crippen molar-refractivity contribution in [3.8, 4) is 0 Å². The van der Waals surface area contributed by atoms with Crippen LogP contribution in [0.5, 0.6) is 0 Å². The Morgan fingerprint density at radius 2 is 1.54 bits per heavy atom. The summed E-state index contributed by atoms with van der Waals surface area (Å²) >= 11 is 0. The molecule has 7 nitrogen and oxygen atoms in total. The Balaban J connectivity index is 4.14. The minimum Gasteiger partial charge on any atom is -0.383 e. The molecule has 3 amide bonds. The van der Waals surface area contributed by atoms with Crippen molar-refractivity contribution >= 4 is 17.7 Å². The fourth-order valence-corrected chi connectivity index (χ4v) is 1.86. The molecule has 0 saturated heterocycles. The third-order valence-corrected chi connectivity index (χ3v) is 3.84. The zero-order valence-corrected chi connectivity index (χ0v) is 15.8. The van der Waals surface area contributed by atoms with Crippen LogP contribution in [0.15, 0.2) is 0 Å². The zero-order valence-electron chi connectivity index (χ0n) is 15.8. The molecule has 0 fully saturated rings. The van der Waals surface area contributed by atoms with Crippen LogP contribution in [0.3, 0.4) is 0 Å². The maximum absolute atomic E-state index is 12.0. The second-order valence-electron chi connectivity index (χ2n) is 6.97. The van der Waals surface area contributed by atoms with Crippen LogP contribution in [-0.2, 0) is 14.4 Å². The van der Waals surface area contributed by atoms with Crippen LogP contribution in [0, 0.1) is 11.8 Å². The van der Waals surface area contributed by atoms with Gasteiger partial charge in [0.25, 0.3) is 5.91 Å². The lowest BCUT2D eigenvalue weighted by Gasteiger charge is -2.25. The monoisotopic (exact) mass is 343 g/mol. The van der Waals surface area contributed by atoms with E-state index < -0.39 is 6.10 Å². The number of carbonyl (C=O) groups excluding carboxylic acids is 3. The van der Waals surface area contributed by atoms with Gasteiger partial charge < -0.3 is 20.2 Å². The standard InChI is InChI=1S/C17H33N3O4/c1-12(2)7-8-14(21)18-11-15(22)19(5)9-10-20(6)17(24)16(23)13(3)4/h12-13,16,23H,7-11H2,1-6H3,(H,18,21)/t16-/m1/s1. The van der Waals surface area contributed by atoms with E-state index in [9.17, 15) is 19.5 Å². The third kappa shape index (κ3) is 8.86. The highest BCUT2D eigenvalue weighted by atomic mass is 16.3. The molecular formula is C17H33N3O4. The summed E-state index contributed by atoms with van der Waals surface area (Å²) in [4.78, 5) is 38.4. The summed E-state index contributed by atoms with van der Waals surface area (Å²) < 4.78 is 0. The van der Waals surface area contributed by atoms with Crippen LogP contribution in [0.4, 0.5) is 0 Å². The number of carbonyl (C=O) groups is 3. The van der Waals surface area contributed by atoms with Crippen LogP contribution >= 0.6 is 0 Å². The van der Waals surface area contributed by atoms with Crippen molar-refractivity contribution in [3.63, 3.8) is 0 Å². The fourth-order valence-electron chi connectivity index (χ4n) is 1.86. The molecule has 0 spiro atoms. The fraction of sp³-hybridized carbons (Fsp3) is 0.824. The smallest absolute Gasteiger partial charge is 0.251 e. The summed E-state index contributed by atoms with van der Waals surface area (Å²) in [5.41, 5.74) is 0. The van der Waals surface area contributed by atoms with E-state index in [0.29, 0.717) is 25.4 Å². The number of hydrogen-bond acceptors (Lipinski definition) is 4. The van der Waals surface area contributed by atoms with Gasteiger partial charge in [-0.2, -0.15) is 0 Å². The van der Waals surface area contributed by atoms with Gasteiger partial charge in [-0.15, -0.1) is 0 Å². The van der Waals surface area contributed by atoms with Crippen LogP contribution in [0.2, 0.25) is 0 Å². The first-order chi connectivity index (χ1) is 11.1. The molecule has 0 aliphatic heterocycles. The quantitative estimate of drug-likeness (QED) is 0.603. The average molecular weight is 343 g/mol. The summed E-state index contributed by atoms with van der Waals surface area (Å²) in [6.07, 6.45) is 0.177. The number of amides is 3. The number of rotatable bonds is 10. The maximum atomic E-state index is 12.0. The molecule has 24 heavy (non-hydrogen) atoms. The first-order valence-electron chi connectivity index (χ1n) is 8.49. The molecule has 0 radical (unpaired) electrons. The second kappa shape index (κ2) is 11.0. The van der Waals surface area contributed by atoms with E-state index in [1.165, 1.54) is 9.80 Å². The largest absolute Gasteiger partial charge is 0.383 e.